The first-order valence-corrected chi connectivity index (χ1v) is 10.0. The van der Waals surface area contributed by atoms with Gasteiger partial charge < -0.3 is 10.6 Å². The van der Waals surface area contributed by atoms with E-state index in [9.17, 15) is 0 Å². The summed E-state index contributed by atoms with van der Waals surface area (Å²) >= 11 is 3.77. The Morgan fingerprint density at radius 2 is 2.17 bits per heavy atom. The third-order valence-electron chi connectivity index (χ3n) is 3.56. The molecule has 1 fully saturated rings. The smallest absolute Gasteiger partial charge is 0.191 e. The molecule has 132 valence electrons. The highest BCUT2D eigenvalue weighted by Gasteiger charge is 2.18. The molecule has 0 saturated carbocycles. The van der Waals surface area contributed by atoms with Crippen LogP contribution in [0.3, 0.4) is 0 Å². The second kappa shape index (κ2) is 10.1. The molecule has 0 spiro atoms. The van der Waals surface area contributed by atoms with E-state index in [0.29, 0.717) is 6.54 Å². The molecule has 1 aromatic heterocycles. The third kappa shape index (κ3) is 7.17. The number of aliphatic imine (C=N–C) groups is 1. The van der Waals surface area contributed by atoms with E-state index in [-0.39, 0.29) is 29.4 Å². The summed E-state index contributed by atoms with van der Waals surface area (Å²) < 4.78 is 0. The first kappa shape index (κ1) is 21.0. The standard InChI is InChI=1S/C16H28N4S2.HI/c1-5-17-15(18-9-12-7-6-8-21-12)19-10-14-20-13(11-22-14)16(2,3)4;/h11-12H,5-10H2,1-4H3,(H2,17,18,19);1H. The van der Waals surface area contributed by atoms with E-state index in [1.54, 1.807) is 11.3 Å². The molecule has 1 atom stereocenters. The fourth-order valence-corrected chi connectivity index (χ4v) is 4.38. The van der Waals surface area contributed by atoms with E-state index in [2.05, 4.69) is 60.5 Å². The Bertz CT molecular complexity index is 491. The molecule has 0 aromatic carbocycles. The van der Waals surface area contributed by atoms with Crippen LogP contribution >= 0.6 is 47.1 Å². The van der Waals surface area contributed by atoms with Crippen LogP contribution < -0.4 is 10.6 Å². The SMILES string of the molecule is CCNC(=NCc1nc(C(C)(C)C)cs1)NCC1CCCS1.I. The fourth-order valence-electron chi connectivity index (χ4n) is 2.23. The molecule has 0 aliphatic carbocycles. The molecule has 0 amide bonds. The first-order valence-electron chi connectivity index (χ1n) is 8.07. The van der Waals surface area contributed by atoms with Gasteiger partial charge >= 0.3 is 0 Å². The normalized spacial score (nSPS) is 18.6. The second-order valence-corrected chi connectivity index (χ2v) is 8.94. The lowest BCUT2D eigenvalue weighted by atomic mass is 9.93. The highest BCUT2D eigenvalue weighted by Crippen LogP contribution is 2.25. The Morgan fingerprint density at radius 1 is 1.39 bits per heavy atom. The summed E-state index contributed by atoms with van der Waals surface area (Å²) in [5.41, 5.74) is 1.27. The summed E-state index contributed by atoms with van der Waals surface area (Å²) in [6, 6.07) is 0. The molecular weight excluding hydrogens is 439 g/mol. The zero-order valence-electron chi connectivity index (χ0n) is 14.5. The van der Waals surface area contributed by atoms with Gasteiger partial charge in [0.1, 0.15) is 5.01 Å². The molecule has 1 saturated heterocycles. The average molecular weight is 468 g/mol. The van der Waals surface area contributed by atoms with Gasteiger partial charge in [-0.2, -0.15) is 11.8 Å². The average Bonchev–Trinajstić information content (AvgIpc) is 3.12. The largest absolute Gasteiger partial charge is 0.357 e. The second-order valence-electron chi connectivity index (χ2n) is 6.59. The van der Waals surface area contributed by atoms with E-state index >= 15 is 0 Å². The van der Waals surface area contributed by atoms with Crippen LogP contribution in [0.25, 0.3) is 0 Å². The van der Waals surface area contributed by atoms with Gasteiger partial charge in [0.25, 0.3) is 0 Å². The molecule has 2 N–H and O–H groups in total. The third-order valence-corrected chi connectivity index (χ3v) is 5.79. The molecule has 0 bridgehead atoms. The number of halogens is 1. The van der Waals surface area contributed by atoms with Crippen LogP contribution in [0.5, 0.6) is 0 Å². The van der Waals surface area contributed by atoms with E-state index in [1.807, 2.05) is 0 Å². The highest BCUT2D eigenvalue weighted by molar-refractivity contribution is 14.0. The highest BCUT2D eigenvalue weighted by atomic mass is 127. The van der Waals surface area contributed by atoms with Crippen molar-refractivity contribution >= 4 is 53.0 Å². The summed E-state index contributed by atoms with van der Waals surface area (Å²) in [4.78, 5) is 9.38. The Hall–Kier alpha value is -0.0200. The molecule has 4 nitrogen and oxygen atoms in total. The maximum atomic E-state index is 4.70. The Kier molecular flexibility index (Phi) is 9.21. The van der Waals surface area contributed by atoms with Crippen molar-refractivity contribution in [1.82, 2.24) is 15.6 Å². The van der Waals surface area contributed by atoms with E-state index in [1.165, 1.54) is 18.6 Å². The summed E-state index contributed by atoms with van der Waals surface area (Å²) in [5.74, 6) is 2.21. The summed E-state index contributed by atoms with van der Waals surface area (Å²) in [6.45, 7) is 11.2. The van der Waals surface area contributed by atoms with Crippen LogP contribution in [0.2, 0.25) is 0 Å². The number of nitrogens with one attached hydrogen (secondary N) is 2. The van der Waals surface area contributed by atoms with E-state index < -0.39 is 0 Å². The van der Waals surface area contributed by atoms with Crippen LogP contribution in [0, 0.1) is 0 Å². The lowest BCUT2D eigenvalue weighted by Crippen LogP contribution is -2.40. The number of thioether (sulfide) groups is 1. The van der Waals surface area contributed by atoms with Gasteiger partial charge in [-0.15, -0.1) is 35.3 Å². The van der Waals surface area contributed by atoms with Crippen molar-refractivity contribution in [3.63, 3.8) is 0 Å². The zero-order valence-corrected chi connectivity index (χ0v) is 18.5. The molecule has 7 heteroatoms. The summed E-state index contributed by atoms with van der Waals surface area (Å²) in [6.07, 6.45) is 2.66. The maximum absolute atomic E-state index is 4.70. The number of rotatable bonds is 5. The van der Waals surface area contributed by atoms with Crippen molar-refractivity contribution in [3.05, 3.63) is 16.1 Å². The van der Waals surface area contributed by atoms with Crippen LogP contribution in [0.15, 0.2) is 10.4 Å². The van der Waals surface area contributed by atoms with Crippen LogP contribution in [-0.4, -0.2) is 35.0 Å². The summed E-state index contributed by atoms with van der Waals surface area (Å²) in [5, 5.41) is 10.8. The minimum Gasteiger partial charge on any atom is -0.357 e. The monoisotopic (exact) mass is 468 g/mol. The van der Waals surface area contributed by atoms with Gasteiger partial charge in [-0.3, -0.25) is 0 Å². The Balaban J connectivity index is 0.00000264. The van der Waals surface area contributed by atoms with Crippen molar-refractivity contribution in [2.45, 2.75) is 57.7 Å². The molecule has 1 aromatic rings. The number of hydrogen-bond donors (Lipinski definition) is 2. The predicted molar refractivity (Wildman–Crippen MR) is 115 cm³/mol. The van der Waals surface area contributed by atoms with Crippen molar-refractivity contribution < 1.29 is 0 Å². The van der Waals surface area contributed by atoms with Gasteiger partial charge in [-0.05, 0) is 25.5 Å². The van der Waals surface area contributed by atoms with Gasteiger partial charge in [-0.25, -0.2) is 9.98 Å². The minimum absolute atomic E-state index is 0. The van der Waals surface area contributed by atoms with Crippen molar-refractivity contribution in [2.75, 3.05) is 18.8 Å². The van der Waals surface area contributed by atoms with Crippen LogP contribution in [-0.2, 0) is 12.0 Å². The number of hydrogen-bond acceptors (Lipinski definition) is 4. The number of guanidine groups is 1. The fraction of sp³-hybridized carbons (Fsp3) is 0.750. The predicted octanol–water partition coefficient (Wildman–Crippen LogP) is 4.01. The topological polar surface area (TPSA) is 49.3 Å². The lowest BCUT2D eigenvalue weighted by molar-refractivity contribution is 0.571. The van der Waals surface area contributed by atoms with Crippen LogP contribution in [0.1, 0.15) is 51.2 Å². The van der Waals surface area contributed by atoms with E-state index in [0.717, 1.165) is 35.0 Å². The van der Waals surface area contributed by atoms with Crippen molar-refractivity contribution in [1.29, 1.82) is 0 Å². The first-order chi connectivity index (χ1) is 10.5. The molecule has 23 heavy (non-hydrogen) atoms. The zero-order chi connectivity index (χ0) is 16.0. The maximum Gasteiger partial charge on any atom is 0.191 e. The molecule has 1 unspecified atom stereocenters. The summed E-state index contributed by atoms with van der Waals surface area (Å²) in [7, 11) is 0. The van der Waals surface area contributed by atoms with Crippen molar-refractivity contribution in [3.8, 4) is 0 Å². The molecule has 0 radical (unpaired) electrons. The number of nitrogens with zero attached hydrogens (tertiary/aromatic N) is 2. The quantitative estimate of drug-likeness (QED) is 0.390. The molecule has 1 aliphatic heterocycles. The van der Waals surface area contributed by atoms with Gasteiger partial charge in [0, 0.05) is 29.1 Å². The Labute approximate surface area is 165 Å². The lowest BCUT2D eigenvalue weighted by Gasteiger charge is -2.14. The van der Waals surface area contributed by atoms with Gasteiger partial charge in [0.2, 0.25) is 0 Å². The minimum atomic E-state index is 0. The molecule has 2 heterocycles. The van der Waals surface area contributed by atoms with Crippen LogP contribution in [0.4, 0.5) is 0 Å². The van der Waals surface area contributed by atoms with Gasteiger partial charge in [0.15, 0.2) is 5.96 Å². The molecule has 2 rings (SSSR count). The van der Waals surface area contributed by atoms with Gasteiger partial charge in [-0.1, -0.05) is 20.8 Å². The number of aromatic nitrogens is 1. The number of thiazole rings is 1. The molecular formula is C16H29IN4S2. The van der Waals surface area contributed by atoms with Crippen molar-refractivity contribution in [2.24, 2.45) is 4.99 Å². The van der Waals surface area contributed by atoms with E-state index in [4.69, 9.17) is 4.98 Å². The molecule has 1 aliphatic rings. The van der Waals surface area contributed by atoms with Gasteiger partial charge in [0.05, 0.1) is 12.2 Å². The Morgan fingerprint density at radius 3 is 2.74 bits per heavy atom.